The number of alkyl halides is 1. The summed E-state index contributed by atoms with van der Waals surface area (Å²) >= 11 is 10.8. The van der Waals surface area contributed by atoms with Gasteiger partial charge in [0.25, 0.3) is 0 Å². The standard InChI is InChI=1S/C9H9Cl2F2NO/c10-3-5(15)4-14-9-1-6(11)7(12)2-8(9)13/h1-2,5,14-15H,3-4H2. The summed E-state index contributed by atoms with van der Waals surface area (Å²) in [5, 5.41) is 11.5. The average molecular weight is 256 g/mol. The summed E-state index contributed by atoms with van der Waals surface area (Å²) in [5.41, 5.74) is 0.0329. The maximum absolute atomic E-state index is 13.1. The fourth-order valence-electron chi connectivity index (χ4n) is 0.940. The predicted molar refractivity (Wildman–Crippen MR) is 56.6 cm³/mol. The first-order valence-electron chi connectivity index (χ1n) is 4.17. The van der Waals surface area contributed by atoms with E-state index in [1.165, 1.54) is 0 Å². The number of benzene rings is 1. The van der Waals surface area contributed by atoms with Crippen LogP contribution >= 0.6 is 23.2 Å². The Kier molecular flexibility index (Phi) is 4.57. The maximum atomic E-state index is 13.1. The molecule has 1 rings (SSSR count). The lowest BCUT2D eigenvalue weighted by molar-refractivity contribution is 0.211. The minimum absolute atomic E-state index is 0.0313. The molecule has 2 N–H and O–H groups in total. The molecule has 0 fully saturated rings. The molecular weight excluding hydrogens is 247 g/mol. The van der Waals surface area contributed by atoms with E-state index in [4.69, 9.17) is 28.3 Å². The topological polar surface area (TPSA) is 32.3 Å². The third kappa shape index (κ3) is 3.48. The number of anilines is 1. The SMILES string of the molecule is OC(CCl)CNc1cc(Cl)c(F)cc1F. The van der Waals surface area contributed by atoms with Crippen molar-refractivity contribution < 1.29 is 13.9 Å². The van der Waals surface area contributed by atoms with Gasteiger partial charge in [0.1, 0.15) is 11.6 Å². The second-order valence-electron chi connectivity index (χ2n) is 2.94. The number of hydrogen-bond donors (Lipinski definition) is 2. The van der Waals surface area contributed by atoms with E-state index in [2.05, 4.69) is 5.32 Å². The third-order valence-corrected chi connectivity index (χ3v) is 2.36. The zero-order valence-electron chi connectivity index (χ0n) is 7.61. The molecule has 0 aliphatic heterocycles. The Morgan fingerprint density at radius 2 is 2.00 bits per heavy atom. The Morgan fingerprint density at radius 1 is 1.33 bits per heavy atom. The molecule has 0 radical (unpaired) electrons. The largest absolute Gasteiger partial charge is 0.390 e. The van der Waals surface area contributed by atoms with Crippen LogP contribution in [0.15, 0.2) is 12.1 Å². The molecule has 15 heavy (non-hydrogen) atoms. The maximum Gasteiger partial charge on any atom is 0.149 e. The Labute approximate surface area is 95.8 Å². The van der Waals surface area contributed by atoms with Gasteiger partial charge in [0.15, 0.2) is 0 Å². The normalized spacial score (nSPS) is 12.6. The van der Waals surface area contributed by atoms with Crippen LogP contribution < -0.4 is 5.32 Å². The van der Waals surface area contributed by atoms with Crippen LogP contribution in [0.2, 0.25) is 5.02 Å². The van der Waals surface area contributed by atoms with E-state index in [0.29, 0.717) is 6.07 Å². The van der Waals surface area contributed by atoms with Crippen LogP contribution in [0, 0.1) is 11.6 Å². The number of rotatable bonds is 4. The minimum Gasteiger partial charge on any atom is -0.390 e. The summed E-state index contributed by atoms with van der Waals surface area (Å²) < 4.78 is 25.9. The van der Waals surface area contributed by atoms with Crippen LogP contribution in [0.3, 0.4) is 0 Å². The molecule has 0 heterocycles. The molecule has 0 saturated carbocycles. The molecule has 1 aromatic rings. The van der Waals surface area contributed by atoms with Gasteiger partial charge in [-0.3, -0.25) is 0 Å². The molecule has 1 aromatic carbocycles. The molecule has 0 saturated heterocycles. The molecule has 0 aliphatic rings. The highest BCUT2D eigenvalue weighted by molar-refractivity contribution is 6.31. The molecule has 0 bridgehead atoms. The summed E-state index contributed by atoms with van der Waals surface area (Å²) in [5.74, 6) is -1.56. The van der Waals surface area contributed by atoms with Crippen molar-refractivity contribution in [3.05, 3.63) is 28.8 Å². The van der Waals surface area contributed by atoms with Crippen molar-refractivity contribution in [1.29, 1.82) is 0 Å². The van der Waals surface area contributed by atoms with E-state index >= 15 is 0 Å². The smallest absolute Gasteiger partial charge is 0.149 e. The van der Waals surface area contributed by atoms with Crippen LogP contribution in [0.4, 0.5) is 14.5 Å². The third-order valence-electron chi connectivity index (χ3n) is 1.72. The zero-order valence-corrected chi connectivity index (χ0v) is 9.12. The van der Waals surface area contributed by atoms with Crippen LogP contribution in [-0.4, -0.2) is 23.6 Å². The Morgan fingerprint density at radius 3 is 2.60 bits per heavy atom. The highest BCUT2D eigenvalue weighted by Crippen LogP contribution is 2.23. The van der Waals surface area contributed by atoms with E-state index in [1.807, 2.05) is 0 Å². The Hall–Kier alpha value is -0.580. The van der Waals surface area contributed by atoms with Crippen LogP contribution in [0.25, 0.3) is 0 Å². The van der Waals surface area contributed by atoms with Crippen molar-refractivity contribution in [1.82, 2.24) is 0 Å². The van der Waals surface area contributed by atoms with Gasteiger partial charge in [0.2, 0.25) is 0 Å². The van der Waals surface area contributed by atoms with Gasteiger partial charge in [0.05, 0.1) is 22.7 Å². The zero-order chi connectivity index (χ0) is 11.4. The van der Waals surface area contributed by atoms with Gasteiger partial charge < -0.3 is 10.4 Å². The lowest BCUT2D eigenvalue weighted by atomic mass is 10.3. The monoisotopic (exact) mass is 255 g/mol. The quantitative estimate of drug-likeness (QED) is 0.641. The van der Waals surface area contributed by atoms with Gasteiger partial charge in [-0.1, -0.05) is 11.6 Å². The van der Waals surface area contributed by atoms with Gasteiger partial charge in [-0.15, -0.1) is 11.6 Å². The number of aliphatic hydroxyl groups excluding tert-OH is 1. The number of nitrogens with one attached hydrogen (secondary N) is 1. The van der Waals surface area contributed by atoms with Gasteiger partial charge >= 0.3 is 0 Å². The van der Waals surface area contributed by atoms with Gasteiger partial charge in [0, 0.05) is 12.6 Å². The molecule has 84 valence electrons. The Balaban J connectivity index is 2.73. The molecule has 6 heteroatoms. The van der Waals surface area contributed by atoms with Crippen LogP contribution in [0.1, 0.15) is 0 Å². The summed E-state index contributed by atoms with van der Waals surface area (Å²) in [7, 11) is 0. The van der Waals surface area contributed by atoms with Crippen molar-refractivity contribution in [2.45, 2.75) is 6.10 Å². The minimum atomic E-state index is -0.822. The number of hydrogen-bond acceptors (Lipinski definition) is 2. The van der Waals surface area contributed by atoms with Crippen molar-refractivity contribution in [2.75, 3.05) is 17.7 Å². The van der Waals surface area contributed by atoms with E-state index < -0.39 is 17.7 Å². The summed E-state index contributed by atoms with van der Waals surface area (Å²) in [6, 6.07) is 1.80. The van der Waals surface area contributed by atoms with Crippen molar-refractivity contribution in [3.8, 4) is 0 Å². The molecule has 0 spiro atoms. The van der Waals surface area contributed by atoms with Crippen molar-refractivity contribution >= 4 is 28.9 Å². The van der Waals surface area contributed by atoms with Gasteiger partial charge in [-0.25, -0.2) is 8.78 Å². The fraction of sp³-hybridized carbons (Fsp3) is 0.333. The molecule has 2 nitrogen and oxygen atoms in total. The molecular formula is C9H9Cl2F2NO. The van der Waals surface area contributed by atoms with Gasteiger partial charge in [-0.2, -0.15) is 0 Å². The first-order valence-corrected chi connectivity index (χ1v) is 5.08. The van der Waals surface area contributed by atoms with E-state index in [1.54, 1.807) is 0 Å². The van der Waals surface area contributed by atoms with Crippen LogP contribution in [-0.2, 0) is 0 Å². The summed E-state index contributed by atoms with van der Waals surface area (Å²) in [6.07, 6.45) is -0.796. The van der Waals surface area contributed by atoms with Crippen LogP contribution in [0.5, 0.6) is 0 Å². The summed E-state index contributed by atoms with van der Waals surface area (Å²) in [6.45, 7) is 0.0718. The lowest BCUT2D eigenvalue weighted by Crippen LogP contribution is -2.21. The first kappa shape index (κ1) is 12.5. The number of aliphatic hydroxyl groups is 1. The Bertz CT molecular complexity index is 349. The van der Waals surface area contributed by atoms with Crippen molar-refractivity contribution in [3.63, 3.8) is 0 Å². The van der Waals surface area contributed by atoms with E-state index in [-0.39, 0.29) is 23.1 Å². The summed E-state index contributed by atoms with van der Waals surface area (Å²) in [4.78, 5) is 0. The molecule has 0 aliphatic carbocycles. The molecule has 0 aromatic heterocycles. The first-order chi connectivity index (χ1) is 7.04. The number of halogens is 4. The fourth-order valence-corrected chi connectivity index (χ4v) is 1.21. The predicted octanol–water partition coefficient (Wildman–Crippen LogP) is 2.63. The lowest BCUT2D eigenvalue weighted by Gasteiger charge is -2.11. The highest BCUT2D eigenvalue weighted by Gasteiger charge is 2.09. The second-order valence-corrected chi connectivity index (χ2v) is 3.65. The van der Waals surface area contributed by atoms with E-state index in [9.17, 15) is 8.78 Å². The average Bonchev–Trinajstić information content (AvgIpc) is 2.21. The van der Waals surface area contributed by atoms with E-state index in [0.717, 1.165) is 6.07 Å². The highest BCUT2D eigenvalue weighted by atomic mass is 35.5. The van der Waals surface area contributed by atoms with Crippen molar-refractivity contribution in [2.24, 2.45) is 0 Å². The molecule has 1 unspecified atom stereocenters. The molecule has 0 amide bonds. The van der Waals surface area contributed by atoms with Gasteiger partial charge in [-0.05, 0) is 6.07 Å². The second kappa shape index (κ2) is 5.49. The molecule has 1 atom stereocenters.